The molecule has 1 aromatic heterocycles. The van der Waals surface area contributed by atoms with Gasteiger partial charge in [-0.15, -0.1) is 0 Å². The molecule has 1 saturated heterocycles. The number of rotatable bonds is 4. The van der Waals surface area contributed by atoms with Crippen LogP contribution in [0.4, 0.5) is 0 Å². The number of aromatic nitrogens is 1. The summed E-state index contributed by atoms with van der Waals surface area (Å²) in [5.74, 6) is 2.39. The first kappa shape index (κ1) is 17.3. The van der Waals surface area contributed by atoms with Crippen LogP contribution in [0.5, 0.6) is 11.5 Å². The highest BCUT2D eigenvalue weighted by Crippen LogP contribution is 2.38. The first-order valence-electron chi connectivity index (χ1n) is 9.91. The molecule has 0 saturated carbocycles. The van der Waals surface area contributed by atoms with Crippen molar-refractivity contribution in [2.75, 3.05) is 19.8 Å². The molecule has 1 atom stereocenters. The average Bonchev–Trinajstić information content (AvgIpc) is 3.38. The van der Waals surface area contributed by atoms with Crippen molar-refractivity contribution in [2.24, 2.45) is 0 Å². The van der Waals surface area contributed by atoms with Crippen LogP contribution in [-0.4, -0.2) is 29.6 Å². The first-order chi connectivity index (χ1) is 13.8. The number of nitrogens with zero attached hydrogens (tertiary/aromatic N) is 2. The van der Waals surface area contributed by atoms with Crippen LogP contribution >= 0.6 is 0 Å². The van der Waals surface area contributed by atoms with E-state index in [-0.39, 0.29) is 0 Å². The fourth-order valence-electron chi connectivity index (χ4n) is 4.08. The lowest BCUT2D eigenvalue weighted by Gasteiger charge is -2.25. The van der Waals surface area contributed by atoms with Crippen molar-refractivity contribution in [2.45, 2.75) is 32.4 Å². The number of hydrogen-bond donors (Lipinski definition) is 0. The lowest BCUT2D eigenvalue weighted by Crippen LogP contribution is -2.23. The Labute approximate surface area is 164 Å². The van der Waals surface area contributed by atoms with E-state index in [0.29, 0.717) is 25.1 Å². The highest BCUT2D eigenvalue weighted by Gasteiger charge is 2.28. The van der Waals surface area contributed by atoms with E-state index in [9.17, 15) is 0 Å². The van der Waals surface area contributed by atoms with Crippen molar-refractivity contribution in [1.82, 2.24) is 9.88 Å². The number of benzene rings is 2. The number of oxazole rings is 1. The minimum atomic E-state index is 0.371. The van der Waals surface area contributed by atoms with Crippen LogP contribution in [0.15, 0.2) is 53.1 Å². The highest BCUT2D eigenvalue weighted by molar-refractivity contribution is 5.53. The normalized spacial score (nSPS) is 19.1. The van der Waals surface area contributed by atoms with Gasteiger partial charge in [-0.2, -0.15) is 0 Å². The van der Waals surface area contributed by atoms with Gasteiger partial charge >= 0.3 is 0 Å². The Balaban J connectivity index is 1.33. The lowest BCUT2D eigenvalue weighted by atomic mass is 10.0. The fourth-order valence-corrected chi connectivity index (χ4v) is 4.08. The molecule has 3 heterocycles. The van der Waals surface area contributed by atoms with Crippen molar-refractivity contribution in [1.29, 1.82) is 0 Å². The average molecular weight is 376 g/mol. The maximum Gasteiger partial charge on any atom is 0.226 e. The Bertz CT molecular complexity index is 964. The van der Waals surface area contributed by atoms with Gasteiger partial charge < -0.3 is 13.9 Å². The van der Waals surface area contributed by atoms with Crippen LogP contribution in [0.2, 0.25) is 0 Å². The molecule has 28 heavy (non-hydrogen) atoms. The predicted octanol–water partition coefficient (Wildman–Crippen LogP) is 4.76. The molecule has 1 fully saturated rings. The van der Waals surface area contributed by atoms with Crippen LogP contribution in [-0.2, 0) is 6.54 Å². The highest BCUT2D eigenvalue weighted by atomic mass is 16.6. The molecule has 0 bridgehead atoms. The monoisotopic (exact) mass is 376 g/mol. The number of fused-ring (bicyclic) bond motifs is 1. The summed E-state index contributed by atoms with van der Waals surface area (Å²) in [6.45, 7) is 5.17. The van der Waals surface area contributed by atoms with Gasteiger partial charge in [-0.25, -0.2) is 4.98 Å². The molecule has 5 nitrogen and oxygen atoms in total. The Hall–Kier alpha value is -2.79. The largest absolute Gasteiger partial charge is 0.486 e. The Kier molecular flexibility index (Phi) is 4.53. The molecule has 0 aliphatic carbocycles. The minimum Gasteiger partial charge on any atom is -0.486 e. The minimum absolute atomic E-state index is 0.371. The Morgan fingerprint density at radius 3 is 2.71 bits per heavy atom. The van der Waals surface area contributed by atoms with Gasteiger partial charge in [0, 0.05) is 18.2 Å². The summed E-state index contributed by atoms with van der Waals surface area (Å²) in [6.07, 6.45) is 4.11. The summed E-state index contributed by atoms with van der Waals surface area (Å²) in [5.41, 5.74) is 4.50. The van der Waals surface area contributed by atoms with E-state index in [4.69, 9.17) is 18.9 Å². The third-order valence-corrected chi connectivity index (χ3v) is 5.53. The molecule has 0 unspecified atom stereocenters. The van der Waals surface area contributed by atoms with E-state index < -0.39 is 0 Å². The Morgan fingerprint density at radius 2 is 1.86 bits per heavy atom. The third kappa shape index (κ3) is 3.38. The summed E-state index contributed by atoms with van der Waals surface area (Å²) in [4.78, 5) is 7.19. The zero-order chi connectivity index (χ0) is 18.9. The molecule has 3 aromatic rings. The second-order valence-corrected chi connectivity index (χ2v) is 7.54. The molecule has 0 N–H and O–H groups in total. The standard InChI is InChI=1S/C23H24N2O3/c1-16-4-6-17(7-5-16)23-24-19(15-28-23)14-25-10-2-3-20(25)18-8-9-21-22(13-18)27-12-11-26-21/h4-9,13,15,20H,2-3,10-12,14H2,1H3/t20-/m0/s1. The number of aryl methyl sites for hydroxylation is 1. The van der Waals surface area contributed by atoms with Crippen LogP contribution in [0.3, 0.4) is 0 Å². The summed E-state index contributed by atoms with van der Waals surface area (Å²) in [6, 6.07) is 15.0. The fraction of sp³-hybridized carbons (Fsp3) is 0.348. The second kappa shape index (κ2) is 7.32. The zero-order valence-corrected chi connectivity index (χ0v) is 16.1. The van der Waals surface area contributed by atoms with Crippen molar-refractivity contribution >= 4 is 0 Å². The quantitative estimate of drug-likeness (QED) is 0.657. The molecule has 2 aliphatic rings. The number of hydrogen-bond acceptors (Lipinski definition) is 5. The molecule has 144 valence electrons. The lowest BCUT2D eigenvalue weighted by molar-refractivity contribution is 0.170. The van der Waals surface area contributed by atoms with Gasteiger partial charge in [-0.05, 0) is 56.1 Å². The Morgan fingerprint density at radius 1 is 1.04 bits per heavy atom. The second-order valence-electron chi connectivity index (χ2n) is 7.54. The van der Waals surface area contributed by atoms with Crippen molar-refractivity contribution in [3.05, 3.63) is 65.5 Å². The van der Waals surface area contributed by atoms with Gasteiger partial charge in [0.15, 0.2) is 11.5 Å². The van der Waals surface area contributed by atoms with Crippen molar-refractivity contribution in [3.63, 3.8) is 0 Å². The maximum atomic E-state index is 5.77. The van der Waals surface area contributed by atoms with Gasteiger partial charge in [0.25, 0.3) is 0 Å². The number of ether oxygens (including phenoxy) is 2. The molecule has 5 heteroatoms. The van der Waals surface area contributed by atoms with E-state index in [1.165, 1.54) is 17.5 Å². The smallest absolute Gasteiger partial charge is 0.226 e. The number of likely N-dealkylation sites (tertiary alicyclic amines) is 1. The summed E-state index contributed by atoms with van der Waals surface area (Å²) < 4.78 is 17.2. The van der Waals surface area contributed by atoms with Gasteiger partial charge in [-0.3, -0.25) is 4.90 Å². The van der Waals surface area contributed by atoms with Crippen molar-refractivity contribution < 1.29 is 13.9 Å². The van der Waals surface area contributed by atoms with Gasteiger partial charge in [-0.1, -0.05) is 23.8 Å². The van der Waals surface area contributed by atoms with E-state index in [0.717, 1.165) is 42.3 Å². The predicted molar refractivity (Wildman–Crippen MR) is 106 cm³/mol. The SMILES string of the molecule is Cc1ccc(-c2nc(CN3CCC[C@H]3c3ccc4c(c3)OCCO4)co2)cc1. The van der Waals surface area contributed by atoms with Gasteiger partial charge in [0.1, 0.15) is 19.5 Å². The summed E-state index contributed by atoms with van der Waals surface area (Å²) >= 11 is 0. The molecule has 5 rings (SSSR count). The van der Waals surface area contributed by atoms with Gasteiger partial charge in [0.05, 0.1) is 5.69 Å². The van der Waals surface area contributed by atoms with Crippen LogP contribution in [0.25, 0.3) is 11.5 Å². The molecule has 0 radical (unpaired) electrons. The molecule has 2 aliphatic heterocycles. The van der Waals surface area contributed by atoms with E-state index in [2.05, 4.69) is 48.2 Å². The van der Waals surface area contributed by atoms with E-state index in [1.807, 2.05) is 6.07 Å². The van der Waals surface area contributed by atoms with Crippen LogP contribution in [0, 0.1) is 6.92 Å². The molecular weight excluding hydrogens is 352 g/mol. The molecule has 0 spiro atoms. The third-order valence-electron chi connectivity index (χ3n) is 5.53. The van der Waals surface area contributed by atoms with E-state index >= 15 is 0 Å². The van der Waals surface area contributed by atoms with Crippen LogP contribution < -0.4 is 9.47 Å². The topological polar surface area (TPSA) is 47.7 Å². The molecule has 2 aromatic carbocycles. The maximum absolute atomic E-state index is 5.77. The van der Waals surface area contributed by atoms with E-state index in [1.54, 1.807) is 6.26 Å². The van der Waals surface area contributed by atoms with Gasteiger partial charge in [0.2, 0.25) is 5.89 Å². The zero-order valence-electron chi connectivity index (χ0n) is 16.1. The van der Waals surface area contributed by atoms with Crippen molar-refractivity contribution in [3.8, 4) is 23.0 Å². The van der Waals surface area contributed by atoms with Crippen LogP contribution in [0.1, 0.15) is 35.7 Å². The molecular formula is C23H24N2O3. The summed E-state index contributed by atoms with van der Waals surface area (Å²) in [7, 11) is 0. The summed E-state index contributed by atoms with van der Waals surface area (Å²) in [5, 5.41) is 0. The molecule has 0 amide bonds. The first-order valence-corrected chi connectivity index (χ1v) is 9.91.